The van der Waals surface area contributed by atoms with Crippen LogP contribution in [0.25, 0.3) is 0 Å². The van der Waals surface area contributed by atoms with E-state index >= 15 is 0 Å². The normalized spacial score (nSPS) is 17.9. The first-order valence-corrected chi connectivity index (χ1v) is 9.30. The van der Waals surface area contributed by atoms with Crippen LogP contribution in [0.3, 0.4) is 0 Å². The van der Waals surface area contributed by atoms with Gasteiger partial charge in [0.2, 0.25) is 5.91 Å². The van der Waals surface area contributed by atoms with Crippen molar-refractivity contribution in [2.75, 3.05) is 23.8 Å². The largest absolute Gasteiger partial charge is 0.381 e. The van der Waals surface area contributed by atoms with Crippen LogP contribution in [0.1, 0.15) is 43.0 Å². The third-order valence-electron chi connectivity index (χ3n) is 5.12. The molecule has 4 rings (SSSR count). The maximum Gasteiger partial charge on any atom is 0.228 e. The van der Waals surface area contributed by atoms with Gasteiger partial charge in [0, 0.05) is 38.6 Å². The monoisotopic (exact) mass is 355 g/mol. The fourth-order valence-electron chi connectivity index (χ4n) is 3.32. The molecule has 1 saturated heterocycles. The molecule has 26 heavy (non-hydrogen) atoms. The summed E-state index contributed by atoms with van der Waals surface area (Å²) < 4.78 is 7.48. The fraction of sp³-hybridized carbons (Fsp3) is 0.526. The quantitative estimate of drug-likeness (QED) is 0.833. The molecule has 2 aromatic rings. The number of hydrogen-bond acceptors (Lipinski definition) is 5. The first kappa shape index (κ1) is 17.0. The van der Waals surface area contributed by atoms with Gasteiger partial charge >= 0.3 is 0 Å². The first-order valence-electron chi connectivity index (χ1n) is 9.30. The second-order valence-corrected chi connectivity index (χ2v) is 7.09. The summed E-state index contributed by atoms with van der Waals surface area (Å²) in [4.78, 5) is 21.1. The Bertz CT molecular complexity index is 778. The van der Waals surface area contributed by atoms with E-state index in [1.807, 2.05) is 23.9 Å². The summed E-state index contributed by atoms with van der Waals surface area (Å²) in [5, 5.41) is 6.37. The van der Waals surface area contributed by atoms with Crippen LogP contribution < -0.4 is 10.6 Å². The Morgan fingerprint density at radius 2 is 2.08 bits per heavy atom. The van der Waals surface area contributed by atoms with Crippen molar-refractivity contribution in [2.24, 2.45) is 13.0 Å². The van der Waals surface area contributed by atoms with Gasteiger partial charge in [-0.25, -0.2) is 9.97 Å². The summed E-state index contributed by atoms with van der Waals surface area (Å²) in [6, 6.07) is 4.00. The van der Waals surface area contributed by atoms with E-state index in [-0.39, 0.29) is 11.8 Å². The standard InChI is InChI=1S/C19H25N5O2/c1-24-9-8-20-17(24)12-21-18-15(13-6-10-26-11-7-13)4-5-16(22-18)23-19(25)14-2-3-14/h4-5,8-9,13-14H,2-3,6-7,10-12H2,1H3,(H2,21,22,23,25). The number of aryl methyl sites for hydroxylation is 1. The smallest absolute Gasteiger partial charge is 0.228 e. The third-order valence-corrected chi connectivity index (χ3v) is 5.12. The van der Waals surface area contributed by atoms with Crippen LogP contribution >= 0.6 is 0 Å². The number of anilines is 2. The van der Waals surface area contributed by atoms with E-state index in [4.69, 9.17) is 9.72 Å². The van der Waals surface area contributed by atoms with Gasteiger partial charge in [-0.1, -0.05) is 6.07 Å². The minimum absolute atomic E-state index is 0.0753. The number of amides is 1. The second-order valence-electron chi connectivity index (χ2n) is 7.09. The van der Waals surface area contributed by atoms with Gasteiger partial charge in [-0.15, -0.1) is 0 Å². The van der Waals surface area contributed by atoms with E-state index in [1.165, 1.54) is 5.56 Å². The van der Waals surface area contributed by atoms with Crippen LogP contribution in [0.15, 0.2) is 24.5 Å². The maximum absolute atomic E-state index is 12.1. The van der Waals surface area contributed by atoms with Crippen LogP contribution in [0, 0.1) is 5.92 Å². The van der Waals surface area contributed by atoms with Crippen molar-refractivity contribution in [3.05, 3.63) is 35.9 Å². The highest BCUT2D eigenvalue weighted by Crippen LogP contribution is 2.33. The third kappa shape index (κ3) is 3.88. The highest BCUT2D eigenvalue weighted by Gasteiger charge is 2.30. The summed E-state index contributed by atoms with van der Waals surface area (Å²) in [5.41, 5.74) is 1.19. The number of rotatable bonds is 6. The van der Waals surface area contributed by atoms with Crippen LogP contribution in [0.5, 0.6) is 0 Å². The van der Waals surface area contributed by atoms with Gasteiger partial charge in [0.25, 0.3) is 0 Å². The Labute approximate surface area is 153 Å². The lowest BCUT2D eigenvalue weighted by Crippen LogP contribution is -2.19. The fourth-order valence-corrected chi connectivity index (χ4v) is 3.32. The number of aromatic nitrogens is 3. The van der Waals surface area contributed by atoms with Crippen LogP contribution in [-0.2, 0) is 23.1 Å². The summed E-state index contributed by atoms with van der Waals surface area (Å²) >= 11 is 0. The molecule has 0 spiro atoms. The molecule has 7 heteroatoms. The molecule has 1 aliphatic heterocycles. The molecule has 1 amide bonds. The average Bonchev–Trinajstić information content (AvgIpc) is 3.44. The predicted molar refractivity (Wildman–Crippen MR) is 98.9 cm³/mol. The van der Waals surface area contributed by atoms with E-state index in [0.717, 1.165) is 50.5 Å². The number of imidazole rings is 1. The zero-order valence-corrected chi connectivity index (χ0v) is 15.1. The average molecular weight is 355 g/mol. The summed E-state index contributed by atoms with van der Waals surface area (Å²) in [5.74, 6) is 3.04. The van der Waals surface area contributed by atoms with Crippen molar-refractivity contribution in [2.45, 2.75) is 38.1 Å². The molecule has 0 atom stereocenters. The van der Waals surface area contributed by atoms with Crippen molar-refractivity contribution in [3.8, 4) is 0 Å². The Hall–Kier alpha value is -2.41. The van der Waals surface area contributed by atoms with Crippen LogP contribution in [0.4, 0.5) is 11.6 Å². The van der Waals surface area contributed by atoms with Crippen molar-refractivity contribution in [3.63, 3.8) is 0 Å². The number of nitrogens with one attached hydrogen (secondary N) is 2. The van der Waals surface area contributed by atoms with Crippen molar-refractivity contribution < 1.29 is 9.53 Å². The highest BCUT2D eigenvalue weighted by atomic mass is 16.5. The van der Waals surface area contributed by atoms with E-state index < -0.39 is 0 Å². The van der Waals surface area contributed by atoms with Crippen molar-refractivity contribution in [1.82, 2.24) is 14.5 Å². The molecule has 0 aromatic carbocycles. The molecular weight excluding hydrogens is 330 g/mol. The molecule has 2 aromatic heterocycles. The lowest BCUT2D eigenvalue weighted by Gasteiger charge is -2.24. The van der Waals surface area contributed by atoms with Crippen molar-refractivity contribution in [1.29, 1.82) is 0 Å². The first-order chi connectivity index (χ1) is 12.7. The predicted octanol–water partition coefficient (Wildman–Crippen LogP) is 2.67. The molecule has 2 aliphatic rings. The molecule has 3 heterocycles. The molecule has 2 N–H and O–H groups in total. The summed E-state index contributed by atoms with van der Waals surface area (Å²) in [6.07, 6.45) is 7.66. The van der Waals surface area contributed by atoms with Crippen molar-refractivity contribution >= 4 is 17.5 Å². The highest BCUT2D eigenvalue weighted by molar-refractivity contribution is 5.93. The van der Waals surface area contributed by atoms with Gasteiger partial charge in [0.05, 0.1) is 6.54 Å². The molecule has 138 valence electrons. The Morgan fingerprint density at radius 3 is 2.77 bits per heavy atom. The molecule has 0 radical (unpaired) electrons. The minimum atomic E-state index is 0.0753. The molecule has 0 bridgehead atoms. The summed E-state index contributed by atoms with van der Waals surface area (Å²) in [7, 11) is 1.98. The van der Waals surface area contributed by atoms with Gasteiger partial charge in [-0.05, 0) is 43.2 Å². The SMILES string of the molecule is Cn1ccnc1CNc1nc(NC(=O)C2CC2)ccc1C1CCOCC1. The number of carbonyl (C=O) groups is 1. The Balaban J connectivity index is 1.55. The topological polar surface area (TPSA) is 81.1 Å². The van der Waals surface area contributed by atoms with Gasteiger partial charge in [0.15, 0.2) is 0 Å². The molecule has 0 unspecified atom stereocenters. The number of ether oxygens (including phenoxy) is 1. The van der Waals surface area contributed by atoms with Crippen LogP contribution in [-0.4, -0.2) is 33.7 Å². The number of hydrogen-bond donors (Lipinski definition) is 2. The zero-order chi connectivity index (χ0) is 17.9. The Kier molecular flexibility index (Phi) is 4.88. The van der Waals surface area contributed by atoms with E-state index in [2.05, 4.69) is 21.7 Å². The van der Waals surface area contributed by atoms with E-state index in [9.17, 15) is 4.79 Å². The molecular formula is C19H25N5O2. The van der Waals surface area contributed by atoms with E-state index in [0.29, 0.717) is 18.3 Å². The Morgan fingerprint density at radius 1 is 1.27 bits per heavy atom. The second kappa shape index (κ2) is 7.45. The van der Waals surface area contributed by atoms with Gasteiger partial charge in [-0.3, -0.25) is 4.79 Å². The summed E-state index contributed by atoms with van der Waals surface area (Å²) in [6.45, 7) is 2.15. The number of nitrogens with zero attached hydrogens (tertiary/aromatic N) is 3. The number of pyridine rings is 1. The molecule has 1 aliphatic carbocycles. The van der Waals surface area contributed by atoms with E-state index in [1.54, 1.807) is 6.20 Å². The lowest BCUT2D eigenvalue weighted by atomic mass is 9.92. The van der Waals surface area contributed by atoms with Gasteiger partial charge < -0.3 is 19.9 Å². The van der Waals surface area contributed by atoms with Crippen LogP contribution in [0.2, 0.25) is 0 Å². The van der Waals surface area contributed by atoms with Gasteiger partial charge in [0.1, 0.15) is 17.5 Å². The minimum Gasteiger partial charge on any atom is -0.381 e. The zero-order valence-electron chi connectivity index (χ0n) is 15.1. The lowest BCUT2D eigenvalue weighted by molar-refractivity contribution is -0.117. The maximum atomic E-state index is 12.1. The molecule has 2 fully saturated rings. The van der Waals surface area contributed by atoms with Gasteiger partial charge in [-0.2, -0.15) is 0 Å². The molecule has 1 saturated carbocycles. The molecule has 7 nitrogen and oxygen atoms in total. The number of carbonyl (C=O) groups excluding carboxylic acids is 1.